The maximum absolute atomic E-state index is 5.90. The van der Waals surface area contributed by atoms with Crippen molar-refractivity contribution < 1.29 is 0 Å². The van der Waals surface area contributed by atoms with Crippen LogP contribution in [0.25, 0.3) is 5.65 Å². The third-order valence-electron chi connectivity index (χ3n) is 4.03. The van der Waals surface area contributed by atoms with E-state index in [4.69, 9.17) is 11.6 Å². The average molecular weight is 484 g/mol. The summed E-state index contributed by atoms with van der Waals surface area (Å²) in [4.78, 5) is 8.88. The van der Waals surface area contributed by atoms with Gasteiger partial charge in [0.1, 0.15) is 5.65 Å². The van der Waals surface area contributed by atoms with Crippen LogP contribution in [0.5, 0.6) is 0 Å². The summed E-state index contributed by atoms with van der Waals surface area (Å²) in [5.41, 5.74) is 4.35. The Bertz CT molecular complexity index is 873. The van der Waals surface area contributed by atoms with Crippen LogP contribution in [0.1, 0.15) is 17.0 Å². The summed E-state index contributed by atoms with van der Waals surface area (Å²) in [6.07, 6.45) is 2.96. The number of rotatable bonds is 5. The topological polar surface area (TPSA) is 53.7 Å². The van der Waals surface area contributed by atoms with Gasteiger partial charge < -0.3 is 15.0 Å². The number of nitrogens with zero attached hydrogens (tertiary/aromatic N) is 3. The van der Waals surface area contributed by atoms with Gasteiger partial charge in [0.25, 0.3) is 0 Å². The van der Waals surface area contributed by atoms with Gasteiger partial charge in [0, 0.05) is 30.5 Å². The van der Waals surface area contributed by atoms with E-state index in [0.29, 0.717) is 6.54 Å². The van der Waals surface area contributed by atoms with E-state index >= 15 is 0 Å². The fraction of sp³-hybridized carbons (Fsp3) is 0.263. The molecule has 3 rings (SSSR count). The number of nitrogens with one attached hydrogen (secondary N) is 2. The van der Waals surface area contributed by atoms with E-state index in [2.05, 4.69) is 44.2 Å². The first-order valence-corrected chi connectivity index (χ1v) is 8.66. The standard InChI is InChI=1S/C19H22ClN5.HI/c1-14-4-3-5-18-24-17(13-25(14)18)12-23-19(21-2)22-11-10-15-6-8-16(20)9-7-15;/h3-9,13H,10-12H2,1-2H3,(H2,21,22,23);1H. The molecule has 0 unspecified atom stereocenters. The van der Waals surface area contributed by atoms with Gasteiger partial charge in [0.05, 0.1) is 12.2 Å². The molecule has 0 bridgehead atoms. The lowest BCUT2D eigenvalue weighted by Crippen LogP contribution is -2.37. The number of hydrogen-bond acceptors (Lipinski definition) is 2. The molecular formula is C19H23ClIN5. The number of aromatic nitrogens is 2. The Balaban J connectivity index is 0.00000243. The first-order valence-electron chi connectivity index (χ1n) is 8.28. The number of guanidine groups is 1. The average Bonchev–Trinajstić information content (AvgIpc) is 3.04. The van der Waals surface area contributed by atoms with Crippen molar-refractivity contribution in [1.82, 2.24) is 20.0 Å². The highest BCUT2D eigenvalue weighted by atomic mass is 127. The number of aliphatic imine (C=N–C) groups is 1. The quantitative estimate of drug-likeness (QED) is 0.330. The van der Waals surface area contributed by atoms with E-state index in [1.165, 1.54) is 11.3 Å². The predicted molar refractivity (Wildman–Crippen MR) is 119 cm³/mol. The summed E-state index contributed by atoms with van der Waals surface area (Å²) in [7, 11) is 1.77. The second-order valence-corrected chi connectivity index (χ2v) is 6.29. The van der Waals surface area contributed by atoms with E-state index in [1.807, 2.05) is 36.4 Å². The van der Waals surface area contributed by atoms with E-state index in [1.54, 1.807) is 7.05 Å². The lowest BCUT2D eigenvalue weighted by Gasteiger charge is -2.11. The second-order valence-electron chi connectivity index (χ2n) is 5.86. The molecule has 0 radical (unpaired) electrons. The number of halogens is 2. The molecule has 3 aromatic rings. The molecule has 7 heteroatoms. The van der Waals surface area contributed by atoms with Crippen molar-refractivity contribution in [2.75, 3.05) is 13.6 Å². The normalized spacial score (nSPS) is 11.3. The van der Waals surface area contributed by atoms with Gasteiger partial charge in [0.2, 0.25) is 0 Å². The highest BCUT2D eigenvalue weighted by molar-refractivity contribution is 14.0. The molecule has 0 amide bonds. The van der Waals surface area contributed by atoms with Crippen molar-refractivity contribution in [2.24, 2.45) is 4.99 Å². The minimum Gasteiger partial charge on any atom is -0.356 e. The second kappa shape index (κ2) is 9.78. The van der Waals surface area contributed by atoms with E-state index in [9.17, 15) is 0 Å². The van der Waals surface area contributed by atoms with Crippen LogP contribution >= 0.6 is 35.6 Å². The number of aryl methyl sites for hydroxylation is 1. The fourth-order valence-electron chi connectivity index (χ4n) is 2.66. The van der Waals surface area contributed by atoms with E-state index < -0.39 is 0 Å². The molecule has 26 heavy (non-hydrogen) atoms. The molecule has 0 aliphatic heterocycles. The van der Waals surface area contributed by atoms with Crippen molar-refractivity contribution in [3.8, 4) is 0 Å². The van der Waals surface area contributed by atoms with Crippen molar-refractivity contribution in [2.45, 2.75) is 19.9 Å². The Morgan fingerprint density at radius 2 is 1.92 bits per heavy atom. The molecule has 138 valence electrons. The monoisotopic (exact) mass is 483 g/mol. The molecule has 2 aromatic heterocycles. The molecule has 2 heterocycles. The molecule has 0 spiro atoms. The van der Waals surface area contributed by atoms with Crippen molar-refractivity contribution >= 4 is 47.2 Å². The molecule has 5 nitrogen and oxygen atoms in total. The first-order chi connectivity index (χ1) is 12.2. The van der Waals surface area contributed by atoms with Crippen LogP contribution in [0.4, 0.5) is 0 Å². The van der Waals surface area contributed by atoms with Crippen molar-refractivity contribution in [1.29, 1.82) is 0 Å². The lowest BCUT2D eigenvalue weighted by molar-refractivity contribution is 0.786. The number of hydrogen-bond donors (Lipinski definition) is 2. The van der Waals surface area contributed by atoms with E-state index in [0.717, 1.165) is 35.3 Å². The molecule has 0 fully saturated rings. The third-order valence-corrected chi connectivity index (χ3v) is 4.28. The number of pyridine rings is 1. The molecule has 0 aliphatic rings. The van der Waals surface area contributed by atoms with Crippen LogP contribution in [-0.2, 0) is 13.0 Å². The van der Waals surface area contributed by atoms with Crippen LogP contribution in [0.3, 0.4) is 0 Å². The maximum Gasteiger partial charge on any atom is 0.191 e. The minimum atomic E-state index is 0. The van der Waals surface area contributed by atoms with Crippen LogP contribution in [0, 0.1) is 6.92 Å². The van der Waals surface area contributed by atoms with Gasteiger partial charge in [-0.05, 0) is 43.2 Å². The first kappa shape index (κ1) is 20.5. The van der Waals surface area contributed by atoms with Crippen LogP contribution in [0.15, 0.2) is 53.7 Å². The Kier molecular flexibility index (Phi) is 7.71. The highest BCUT2D eigenvalue weighted by Gasteiger charge is 2.04. The molecule has 2 N–H and O–H groups in total. The molecule has 1 aromatic carbocycles. The number of fused-ring (bicyclic) bond motifs is 1. The highest BCUT2D eigenvalue weighted by Crippen LogP contribution is 2.10. The molecule has 0 aliphatic carbocycles. The predicted octanol–water partition coefficient (Wildman–Crippen LogP) is 3.82. The number of benzene rings is 1. The summed E-state index contributed by atoms with van der Waals surface area (Å²) < 4.78 is 2.09. The van der Waals surface area contributed by atoms with Gasteiger partial charge in [-0.15, -0.1) is 24.0 Å². The summed E-state index contributed by atoms with van der Waals surface area (Å²) in [6.45, 7) is 3.50. The van der Waals surface area contributed by atoms with Gasteiger partial charge in [0.15, 0.2) is 5.96 Å². The smallest absolute Gasteiger partial charge is 0.191 e. The Labute approximate surface area is 175 Å². The SMILES string of the molecule is CN=C(NCCc1ccc(Cl)cc1)NCc1cn2c(C)cccc2n1.I. The lowest BCUT2D eigenvalue weighted by atomic mass is 10.1. The van der Waals surface area contributed by atoms with Gasteiger partial charge in [-0.1, -0.05) is 29.8 Å². The van der Waals surface area contributed by atoms with Crippen molar-refractivity contribution in [3.05, 3.63) is 70.6 Å². The summed E-state index contributed by atoms with van der Waals surface area (Å²) in [6, 6.07) is 14.0. The molecule has 0 atom stereocenters. The van der Waals surface area contributed by atoms with Gasteiger partial charge in [-0.2, -0.15) is 0 Å². The van der Waals surface area contributed by atoms with Gasteiger partial charge in [-0.25, -0.2) is 4.98 Å². The maximum atomic E-state index is 5.90. The largest absolute Gasteiger partial charge is 0.356 e. The number of imidazole rings is 1. The van der Waals surface area contributed by atoms with E-state index in [-0.39, 0.29) is 24.0 Å². The fourth-order valence-corrected chi connectivity index (χ4v) is 2.78. The van der Waals surface area contributed by atoms with Gasteiger partial charge in [-0.3, -0.25) is 4.99 Å². The minimum absolute atomic E-state index is 0. The molecule has 0 saturated carbocycles. The Hall–Kier alpha value is -1.80. The molecular weight excluding hydrogens is 461 g/mol. The summed E-state index contributed by atoms with van der Waals surface area (Å²) in [5, 5.41) is 7.38. The van der Waals surface area contributed by atoms with Crippen molar-refractivity contribution in [3.63, 3.8) is 0 Å². The van der Waals surface area contributed by atoms with Crippen LogP contribution in [0.2, 0.25) is 5.02 Å². The summed E-state index contributed by atoms with van der Waals surface area (Å²) >= 11 is 5.90. The van der Waals surface area contributed by atoms with Crippen LogP contribution < -0.4 is 10.6 Å². The third kappa shape index (κ3) is 5.35. The molecule has 0 saturated heterocycles. The zero-order chi connectivity index (χ0) is 17.6. The zero-order valence-corrected chi connectivity index (χ0v) is 18.0. The zero-order valence-electron chi connectivity index (χ0n) is 14.9. The van der Waals surface area contributed by atoms with Gasteiger partial charge >= 0.3 is 0 Å². The van der Waals surface area contributed by atoms with Crippen LogP contribution in [-0.4, -0.2) is 28.9 Å². The Morgan fingerprint density at radius 3 is 2.62 bits per heavy atom. The summed E-state index contributed by atoms with van der Waals surface area (Å²) in [5.74, 6) is 0.766. The Morgan fingerprint density at radius 1 is 1.15 bits per heavy atom.